The minimum Gasteiger partial charge on any atom is -0.450 e. The fraction of sp³-hybridized carbons (Fsp3) is 0.917. The number of alkyl carbamates (subject to hydrolysis) is 1. The molecule has 2 aliphatic carbocycles. The number of rotatable bonds is 5. The first-order chi connectivity index (χ1) is 7.79. The Morgan fingerprint density at radius 3 is 2.81 bits per heavy atom. The predicted octanol–water partition coefficient (Wildman–Crippen LogP) is 1.51. The van der Waals surface area contributed by atoms with E-state index in [1.165, 1.54) is 25.7 Å². The van der Waals surface area contributed by atoms with Gasteiger partial charge in [0.2, 0.25) is 0 Å². The van der Waals surface area contributed by atoms with Crippen molar-refractivity contribution in [1.29, 1.82) is 0 Å². The molecule has 4 nitrogen and oxygen atoms in total. The van der Waals surface area contributed by atoms with Crippen molar-refractivity contribution in [2.75, 3.05) is 19.7 Å². The maximum atomic E-state index is 11.0. The van der Waals surface area contributed by atoms with E-state index in [1.807, 2.05) is 6.92 Å². The van der Waals surface area contributed by atoms with Gasteiger partial charge in [0.25, 0.3) is 0 Å². The second-order valence-electron chi connectivity index (χ2n) is 4.88. The average Bonchev–Trinajstić information content (AvgIpc) is 2.86. The van der Waals surface area contributed by atoms with Gasteiger partial charge in [-0.3, -0.25) is 0 Å². The Hall–Kier alpha value is -0.770. The molecule has 2 saturated carbocycles. The topological polar surface area (TPSA) is 50.4 Å². The van der Waals surface area contributed by atoms with Crippen molar-refractivity contribution in [2.45, 2.75) is 38.6 Å². The van der Waals surface area contributed by atoms with Crippen LogP contribution in [0.1, 0.15) is 32.6 Å². The lowest BCUT2D eigenvalue weighted by Crippen LogP contribution is -2.39. The lowest BCUT2D eigenvalue weighted by atomic mass is 9.95. The molecule has 2 N–H and O–H groups in total. The van der Waals surface area contributed by atoms with Gasteiger partial charge >= 0.3 is 6.09 Å². The van der Waals surface area contributed by atoms with E-state index in [1.54, 1.807) is 0 Å². The van der Waals surface area contributed by atoms with Crippen LogP contribution < -0.4 is 10.6 Å². The highest BCUT2D eigenvalue weighted by Crippen LogP contribution is 2.44. The monoisotopic (exact) mass is 226 g/mol. The van der Waals surface area contributed by atoms with Crippen LogP contribution in [0.3, 0.4) is 0 Å². The summed E-state index contributed by atoms with van der Waals surface area (Å²) in [5.41, 5.74) is 0. The Kier molecular flexibility index (Phi) is 4.04. The molecule has 3 unspecified atom stereocenters. The van der Waals surface area contributed by atoms with E-state index >= 15 is 0 Å². The van der Waals surface area contributed by atoms with E-state index in [4.69, 9.17) is 4.74 Å². The van der Waals surface area contributed by atoms with Gasteiger partial charge in [0.15, 0.2) is 0 Å². The van der Waals surface area contributed by atoms with Crippen molar-refractivity contribution in [2.24, 2.45) is 11.8 Å². The zero-order chi connectivity index (χ0) is 11.4. The molecular weight excluding hydrogens is 204 g/mol. The Balaban J connectivity index is 1.54. The second-order valence-corrected chi connectivity index (χ2v) is 4.88. The highest BCUT2D eigenvalue weighted by atomic mass is 16.5. The SMILES string of the molecule is CCOC(=O)NCCNC1CC2CCC1C2. The molecule has 4 heteroatoms. The molecule has 0 radical (unpaired) electrons. The normalized spacial score (nSPS) is 31.7. The first-order valence-corrected chi connectivity index (χ1v) is 6.43. The summed E-state index contributed by atoms with van der Waals surface area (Å²) < 4.78 is 4.79. The Morgan fingerprint density at radius 1 is 1.31 bits per heavy atom. The number of nitrogens with one attached hydrogen (secondary N) is 2. The third-order valence-corrected chi connectivity index (χ3v) is 3.81. The quantitative estimate of drug-likeness (QED) is 0.699. The molecule has 0 aromatic carbocycles. The molecule has 0 saturated heterocycles. The van der Waals surface area contributed by atoms with E-state index in [0.717, 1.165) is 18.4 Å². The Morgan fingerprint density at radius 2 is 2.19 bits per heavy atom. The summed E-state index contributed by atoms with van der Waals surface area (Å²) in [5, 5.41) is 6.27. The summed E-state index contributed by atoms with van der Waals surface area (Å²) in [5.74, 6) is 1.87. The van der Waals surface area contributed by atoms with Crippen molar-refractivity contribution in [3.63, 3.8) is 0 Å². The molecule has 0 aromatic rings. The summed E-state index contributed by atoms with van der Waals surface area (Å²) in [4.78, 5) is 11.0. The maximum Gasteiger partial charge on any atom is 0.407 e. The number of fused-ring (bicyclic) bond motifs is 2. The van der Waals surface area contributed by atoms with E-state index in [-0.39, 0.29) is 6.09 Å². The molecular formula is C12H22N2O2. The van der Waals surface area contributed by atoms with Crippen LogP contribution in [0.5, 0.6) is 0 Å². The summed E-state index contributed by atoms with van der Waals surface area (Å²) in [6.45, 7) is 3.76. The van der Waals surface area contributed by atoms with Gasteiger partial charge in [0.05, 0.1) is 6.61 Å². The van der Waals surface area contributed by atoms with E-state index in [0.29, 0.717) is 19.2 Å². The minimum atomic E-state index is -0.308. The highest BCUT2D eigenvalue weighted by molar-refractivity contribution is 5.66. The fourth-order valence-electron chi connectivity index (χ4n) is 3.10. The number of carbonyl (C=O) groups excluding carboxylic acids is 1. The molecule has 0 aromatic heterocycles. The molecule has 0 spiro atoms. The molecule has 2 rings (SSSR count). The van der Waals surface area contributed by atoms with Crippen LogP contribution in [0.25, 0.3) is 0 Å². The van der Waals surface area contributed by atoms with Gasteiger partial charge in [-0.05, 0) is 38.0 Å². The predicted molar refractivity (Wildman–Crippen MR) is 62.3 cm³/mol. The lowest BCUT2D eigenvalue weighted by Gasteiger charge is -2.22. The third-order valence-electron chi connectivity index (χ3n) is 3.81. The van der Waals surface area contributed by atoms with E-state index in [2.05, 4.69) is 10.6 Å². The second kappa shape index (κ2) is 5.53. The van der Waals surface area contributed by atoms with Crippen molar-refractivity contribution < 1.29 is 9.53 Å². The molecule has 3 atom stereocenters. The third kappa shape index (κ3) is 2.88. The lowest BCUT2D eigenvalue weighted by molar-refractivity contribution is 0.152. The minimum absolute atomic E-state index is 0.308. The molecule has 2 aliphatic rings. The largest absolute Gasteiger partial charge is 0.450 e. The Bertz CT molecular complexity index is 245. The van der Waals surface area contributed by atoms with E-state index in [9.17, 15) is 4.79 Å². The molecule has 1 amide bonds. The van der Waals surface area contributed by atoms with Crippen LogP contribution in [0.4, 0.5) is 4.79 Å². The zero-order valence-corrected chi connectivity index (χ0v) is 10.00. The van der Waals surface area contributed by atoms with Crippen LogP contribution in [-0.2, 0) is 4.74 Å². The number of ether oxygens (including phenoxy) is 1. The van der Waals surface area contributed by atoms with Crippen molar-refractivity contribution >= 4 is 6.09 Å². The maximum absolute atomic E-state index is 11.0. The number of hydrogen-bond donors (Lipinski definition) is 2. The van der Waals surface area contributed by atoms with Crippen molar-refractivity contribution in [3.05, 3.63) is 0 Å². The summed E-state index contributed by atoms with van der Waals surface area (Å²) in [6.07, 6.45) is 5.28. The smallest absolute Gasteiger partial charge is 0.407 e. The zero-order valence-electron chi connectivity index (χ0n) is 10.00. The van der Waals surface area contributed by atoms with Crippen LogP contribution in [0.15, 0.2) is 0 Å². The van der Waals surface area contributed by atoms with Crippen LogP contribution >= 0.6 is 0 Å². The molecule has 2 bridgehead atoms. The summed E-state index contributed by atoms with van der Waals surface area (Å²) in [7, 11) is 0. The van der Waals surface area contributed by atoms with Crippen molar-refractivity contribution in [1.82, 2.24) is 10.6 Å². The summed E-state index contributed by atoms with van der Waals surface area (Å²) >= 11 is 0. The van der Waals surface area contributed by atoms with E-state index < -0.39 is 0 Å². The van der Waals surface area contributed by atoms with Gasteiger partial charge in [-0.1, -0.05) is 6.42 Å². The Labute approximate surface area is 97.1 Å². The van der Waals surface area contributed by atoms with Gasteiger partial charge < -0.3 is 15.4 Å². The number of carbonyl (C=O) groups is 1. The molecule has 0 aliphatic heterocycles. The van der Waals surface area contributed by atoms with Crippen LogP contribution in [0.2, 0.25) is 0 Å². The van der Waals surface area contributed by atoms with Gasteiger partial charge in [-0.25, -0.2) is 4.79 Å². The molecule has 16 heavy (non-hydrogen) atoms. The van der Waals surface area contributed by atoms with Gasteiger partial charge in [-0.2, -0.15) is 0 Å². The molecule has 2 fully saturated rings. The first-order valence-electron chi connectivity index (χ1n) is 6.43. The molecule has 0 heterocycles. The number of amides is 1. The standard InChI is InChI=1S/C12H22N2O2/c1-2-16-12(15)14-6-5-13-11-8-9-3-4-10(11)7-9/h9-11,13H,2-8H2,1H3,(H,14,15). The highest BCUT2D eigenvalue weighted by Gasteiger charge is 2.38. The fourth-order valence-corrected chi connectivity index (χ4v) is 3.10. The van der Waals surface area contributed by atoms with Gasteiger partial charge in [-0.15, -0.1) is 0 Å². The van der Waals surface area contributed by atoms with Crippen molar-refractivity contribution in [3.8, 4) is 0 Å². The summed E-state index contributed by atoms with van der Waals surface area (Å²) in [6, 6.07) is 0.697. The average molecular weight is 226 g/mol. The first kappa shape index (κ1) is 11.7. The van der Waals surface area contributed by atoms with Crippen LogP contribution in [-0.4, -0.2) is 31.8 Å². The van der Waals surface area contributed by atoms with Gasteiger partial charge in [0, 0.05) is 19.1 Å². The number of hydrogen-bond acceptors (Lipinski definition) is 3. The van der Waals surface area contributed by atoms with Crippen LogP contribution in [0, 0.1) is 11.8 Å². The van der Waals surface area contributed by atoms with Gasteiger partial charge in [0.1, 0.15) is 0 Å². The molecule has 92 valence electrons.